The van der Waals surface area contributed by atoms with Crippen molar-refractivity contribution in [3.05, 3.63) is 0 Å². The number of rotatable bonds is 8. The molecule has 0 aromatic carbocycles. The Hall–Kier alpha value is -0.160. The fourth-order valence-corrected chi connectivity index (χ4v) is 2.09. The summed E-state index contributed by atoms with van der Waals surface area (Å²) in [5, 5.41) is 3.40. The van der Waals surface area contributed by atoms with Crippen LogP contribution in [0.1, 0.15) is 32.6 Å². The summed E-state index contributed by atoms with van der Waals surface area (Å²) in [6.07, 6.45) is 4.38. The molecule has 0 aliphatic carbocycles. The van der Waals surface area contributed by atoms with Gasteiger partial charge in [0.25, 0.3) is 0 Å². The maximum absolute atomic E-state index is 5.98. The van der Waals surface area contributed by atoms with E-state index >= 15 is 0 Å². The summed E-state index contributed by atoms with van der Waals surface area (Å²) >= 11 is 0. The van der Waals surface area contributed by atoms with Crippen LogP contribution in [-0.2, 0) is 9.47 Å². The number of hydrogen-bond acceptors (Lipinski definition) is 4. The lowest BCUT2D eigenvalue weighted by atomic mass is 10.0. The van der Waals surface area contributed by atoms with Gasteiger partial charge in [-0.15, -0.1) is 0 Å². The van der Waals surface area contributed by atoms with E-state index in [4.69, 9.17) is 15.2 Å². The Morgan fingerprint density at radius 1 is 1.56 bits per heavy atom. The molecule has 0 saturated carbocycles. The van der Waals surface area contributed by atoms with Crippen LogP contribution in [0.2, 0.25) is 0 Å². The normalized spacial score (nSPS) is 27.2. The van der Waals surface area contributed by atoms with Gasteiger partial charge in [-0.2, -0.15) is 0 Å². The van der Waals surface area contributed by atoms with Crippen LogP contribution in [0.15, 0.2) is 0 Å². The van der Waals surface area contributed by atoms with Crippen LogP contribution in [0.3, 0.4) is 0 Å². The van der Waals surface area contributed by atoms with Crippen LogP contribution in [0.25, 0.3) is 0 Å². The van der Waals surface area contributed by atoms with Crippen LogP contribution in [0, 0.1) is 0 Å². The number of nitrogens with one attached hydrogen (secondary N) is 1. The predicted molar refractivity (Wildman–Crippen MR) is 65.5 cm³/mol. The van der Waals surface area contributed by atoms with Crippen molar-refractivity contribution in [3.8, 4) is 0 Å². The lowest BCUT2D eigenvalue weighted by Gasteiger charge is -2.24. The van der Waals surface area contributed by atoms with Crippen molar-refractivity contribution in [2.75, 3.05) is 33.4 Å². The van der Waals surface area contributed by atoms with Gasteiger partial charge in [-0.05, 0) is 32.6 Å². The molecule has 0 amide bonds. The van der Waals surface area contributed by atoms with Gasteiger partial charge >= 0.3 is 0 Å². The monoisotopic (exact) mass is 230 g/mol. The minimum Gasteiger partial charge on any atom is -0.385 e. The predicted octanol–water partition coefficient (Wildman–Crippen LogP) is 0.899. The van der Waals surface area contributed by atoms with Crippen molar-refractivity contribution in [2.45, 2.75) is 44.2 Å². The molecule has 1 fully saturated rings. The minimum absolute atomic E-state index is 0.0340. The molecule has 1 heterocycles. The lowest BCUT2D eigenvalue weighted by Crippen LogP contribution is -2.42. The highest BCUT2D eigenvalue weighted by Gasteiger charge is 2.29. The average Bonchev–Trinajstić information content (AvgIpc) is 2.66. The van der Waals surface area contributed by atoms with E-state index in [9.17, 15) is 0 Å². The van der Waals surface area contributed by atoms with E-state index in [0.29, 0.717) is 0 Å². The lowest BCUT2D eigenvalue weighted by molar-refractivity contribution is 0.0207. The number of methoxy groups -OCH3 is 1. The van der Waals surface area contributed by atoms with Crippen molar-refractivity contribution in [1.29, 1.82) is 0 Å². The van der Waals surface area contributed by atoms with E-state index in [1.807, 2.05) is 0 Å². The standard InChI is InChI=1S/C12H26N2O2/c1-12(6-4-8-16-12)10-14-9-11(13)5-3-7-15-2/h11,14H,3-10,13H2,1-2H3. The highest BCUT2D eigenvalue weighted by molar-refractivity contribution is 4.83. The fourth-order valence-electron chi connectivity index (χ4n) is 2.09. The minimum atomic E-state index is 0.0340. The highest BCUT2D eigenvalue weighted by Crippen LogP contribution is 2.23. The molecule has 4 nitrogen and oxygen atoms in total. The van der Waals surface area contributed by atoms with Crippen molar-refractivity contribution in [3.63, 3.8) is 0 Å². The molecule has 16 heavy (non-hydrogen) atoms. The highest BCUT2D eigenvalue weighted by atomic mass is 16.5. The second-order valence-corrected chi connectivity index (χ2v) is 4.93. The first-order chi connectivity index (χ1) is 7.66. The second kappa shape index (κ2) is 7.22. The van der Waals surface area contributed by atoms with Gasteiger partial charge in [0.05, 0.1) is 5.60 Å². The molecule has 1 rings (SSSR count). The molecule has 0 spiro atoms. The van der Waals surface area contributed by atoms with Gasteiger partial charge in [0.15, 0.2) is 0 Å². The van der Waals surface area contributed by atoms with E-state index < -0.39 is 0 Å². The van der Waals surface area contributed by atoms with Crippen LogP contribution in [0.4, 0.5) is 0 Å². The summed E-state index contributed by atoms with van der Waals surface area (Å²) in [6, 6.07) is 0.222. The van der Waals surface area contributed by atoms with E-state index in [-0.39, 0.29) is 11.6 Å². The molecule has 3 N–H and O–H groups in total. The van der Waals surface area contributed by atoms with E-state index in [2.05, 4.69) is 12.2 Å². The molecular formula is C12H26N2O2. The van der Waals surface area contributed by atoms with E-state index in [0.717, 1.165) is 45.6 Å². The number of nitrogens with two attached hydrogens (primary N) is 1. The molecule has 0 radical (unpaired) electrons. The van der Waals surface area contributed by atoms with Gasteiger partial charge < -0.3 is 20.5 Å². The fraction of sp³-hybridized carbons (Fsp3) is 1.00. The SMILES string of the molecule is COCCCC(N)CNCC1(C)CCCO1. The van der Waals surface area contributed by atoms with E-state index in [1.165, 1.54) is 6.42 Å². The Balaban J connectivity index is 2.01. The average molecular weight is 230 g/mol. The van der Waals surface area contributed by atoms with Crippen molar-refractivity contribution >= 4 is 0 Å². The van der Waals surface area contributed by atoms with Gasteiger partial charge in [-0.3, -0.25) is 0 Å². The van der Waals surface area contributed by atoms with Crippen LogP contribution in [-0.4, -0.2) is 45.1 Å². The van der Waals surface area contributed by atoms with Gasteiger partial charge in [0, 0.05) is 39.5 Å². The third kappa shape index (κ3) is 5.25. The van der Waals surface area contributed by atoms with Gasteiger partial charge in [0.2, 0.25) is 0 Å². The number of ether oxygens (including phenoxy) is 2. The first-order valence-electron chi connectivity index (χ1n) is 6.25. The van der Waals surface area contributed by atoms with Crippen LogP contribution < -0.4 is 11.1 Å². The molecule has 0 bridgehead atoms. The van der Waals surface area contributed by atoms with Crippen molar-refractivity contribution in [1.82, 2.24) is 5.32 Å². The van der Waals surface area contributed by atoms with Gasteiger partial charge in [-0.25, -0.2) is 0 Å². The zero-order valence-electron chi connectivity index (χ0n) is 10.6. The second-order valence-electron chi connectivity index (χ2n) is 4.93. The first kappa shape index (κ1) is 13.9. The molecule has 2 atom stereocenters. The smallest absolute Gasteiger partial charge is 0.0779 e. The topological polar surface area (TPSA) is 56.5 Å². The Kier molecular flexibility index (Phi) is 6.28. The maximum Gasteiger partial charge on any atom is 0.0779 e. The molecule has 1 saturated heterocycles. The zero-order chi connectivity index (χ0) is 11.9. The summed E-state index contributed by atoms with van der Waals surface area (Å²) in [6.45, 7) is 5.64. The molecule has 96 valence electrons. The maximum atomic E-state index is 5.98. The summed E-state index contributed by atoms with van der Waals surface area (Å²) in [4.78, 5) is 0. The Labute approximate surface area is 98.9 Å². The summed E-state index contributed by atoms with van der Waals surface area (Å²) in [7, 11) is 1.72. The zero-order valence-corrected chi connectivity index (χ0v) is 10.6. The first-order valence-corrected chi connectivity index (χ1v) is 6.25. The van der Waals surface area contributed by atoms with Crippen LogP contribution >= 0.6 is 0 Å². The van der Waals surface area contributed by atoms with Gasteiger partial charge in [-0.1, -0.05) is 0 Å². The largest absolute Gasteiger partial charge is 0.385 e. The van der Waals surface area contributed by atoms with Gasteiger partial charge in [0.1, 0.15) is 0 Å². The summed E-state index contributed by atoms with van der Waals surface area (Å²) in [5.74, 6) is 0. The van der Waals surface area contributed by atoms with Crippen molar-refractivity contribution < 1.29 is 9.47 Å². The molecule has 1 aliphatic rings. The van der Waals surface area contributed by atoms with E-state index in [1.54, 1.807) is 7.11 Å². The quantitative estimate of drug-likeness (QED) is 0.608. The Morgan fingerprint density at radius 3 is 3.00 bits per heavy atom. The summed E-state index contributed by atoms with van der Waals surface area (Å²) < 4.78 is 10.7. The number of hydrogen-bond donors (Lipinski definition) is 2. The molecular weight excluding hydrogens is 204 g/mol. The third-order valence-corrected chi connectivity index (χ3v) is 3.13. The summed E-state index contributed by atoms with van der Waals surface area (Å²) in [5.41, 5.74) is 6.02. The van der Waals surface area contributed by atoms with Crippen LogP contribution in [0.5, 0.6) is 0 Å². The molecule has 0 aromatic heterocycles. The molecule has 4 heteroatoms. The molecule has 0 aromatic rings. The molecule has 2 unspecified atom stereocenters. The third-order valence-electron chi connectivity index (χ3n) is 3.13. The Bertz CT molecular complexity index is 182. The Morgan fingerprint density at radius 2 is 2.38 bits per heavy atom. The van der Waals surface area contributed by atoms with Crippen molar-refractivity contribution in [2.24, 2.45) is 5.73 Å². The molecule has 1 aliphatic heterocycles.